The van der Waals surface area contributed by atoms with Crippen molar-refractivity contribution in [1.29, 1.82) is 0 Å². The first-order valence-corrected chi connectivity index (χ1v) is 8.54. The average Bonchev–Trinajstić information content (AvgIpc) is 2.88. The molecule has 9 heteroatoms. The molecule has 0 aliphatic heterocycles. The second kappa shape index (κ2) is 5.44. The van der Waals surface area contributed by atoms with Crippen LogP contribution < -0.4 is 0 Å². The number of thiazole rings is 1. The molecule has 0 spiro atoms. The average molecular weight is 343 g/mol. The van der Waals surface area contributed by atoms with Crippen LogP contribution in [0, 0.1) is 0 Å². The zero-order chi connectivity index (χ0) is 13.3. The van der Waals surface area contributed by atoms with Crippen molar-refractivity contribution in [1.82, 2.24) is 9.29 Å². The SMILES string of the molecule is CN(Cc1ccc(Cl)s1)S(=O)(=O)c1cnc(Cl)s1. The fourth-order valence-electron chi connectivity index (χ4n) is 1.25. The van der Waals surface area contributed by atoms with E-state index in [1.54, 1.807) is 12.1 Å². The Bertz CT molecular complexity index is 650. The Labute approximate surface area is 123 Å². The molecule has 0 atom stereocenters. The molecule has 2 heterocycles. The third-order valence-corrected chi connectivity index (χ3v) is 6.70. The van der Waals surface area contributed by atoms with Gasteiger partial charge in [-0.3, -0.25) is 0 Å². The van der Waals surface area contributed by atoms with Crippen molar-refractivity contribution in [3.8, 4) is 0 Å². The van der Waals surface area contributed by atoms with Gasteiger partial charge in [0, 0.05) is 18.5 Å². The molecule has 2 aromatic rings. The summed E-state index contributed by atoms with van der Waals surface area (Å²) in [6, 6.07) is 3.55. The number of aromatic nitrogens is 1. The van der Waals surface area contributed by atoms with Crippen molar-refractivity contribution in [2.75, 3.05) is 7.05 Å². The van der Waals surface area contributed by atoms with E-state index in [-0.39, 0.29) is 15.2 Å². The van der Waals surface area contributed by atoms with Gasteiger partial charge in [-0.2, -0.15) is 4.31 Å². The van der Waals surface area contributed by atoms with Crippen LogP contribution in [0.2, 0.25) is 8.80 Å². The first-order valence-electron chi connectivity index (χ1n) is 4.71. The van der Waals surface area contributed by atoms with Crippen molar-refractivity contribution < 1.29 is 8.42 Å². The summed E-state index contributed by atoms with van der Waals surface area (Å²) in [6.45, 7) is 0.273. The van der Waals surface area contributed by atoms with Crippen molar-refractivity contribution in [2.45, 2.75) is 10.8 Å². The van der Waals surface area contributed by atoms with E-state index >= 15 is 0 Å². The van der Waals surface area contributed by atoms with E-state index in [9.17, 15) is 8.42 Å². The van der Waals surface area contributed by atoms with Crippen molar-refractivity contribution in [2.24, 2.45) is 0 Å². The lowest BCUT2D eigenvalue weighted by Crippen LogP contribution is -2.25. The lowest BCUT2D eigenvalue weighted by atomic mass is 10.5. The van der Waals surface area contributed by atoms with E-state index in [0.717, 1.165) is 16.2 Å². The molecular formula is C9H8Cl2N2O2S3. The Morgan fingerprint density at radius 3 is 2.56 bits per heavy atom. The number of halogens is 2. The highest BCUT2D eigenvalue weighted by molar-refractivity contribution is 7.91. The predicted molar refractivity (Wildman–Crippen MR) is 75.1 cm³/mol. The smallest absolute Gasteiger partial charge is 0.232 e. The van der Waals surface area contributed by atoms with Crippen LogP contribution >= 0.6 is 45.9 Å². The summed E-state index contributed by atoms with van der Waals surface area (Å²) in [6.07, 6.45) is 1.26. The van der Waals surface area contributed by atoms with E-state index in [2.05, 4.69) is 4.98 Å². The summed E-state index contributed by atoms with van der Waals surface area (Å²) >= 11 is 13.7. The first kappa shape index (κ1) is 14.2. The van der Waals surface area contributed by atoms with Crippen LogP contribution in [-0.2, 0) is 16.6 Å². The van der Waals surface area contributed by atoms with Crippen LogP contribution in [0.1, 0.15) is 4.88 Å². The zero-order valence-electron chi connectivity index (χ0n) is 9.13. The molecule has 0 aliphatic carbocycles. The molecule has 4 nitrogen and oxygen atoms in total. The highest BCUT2D eigenvalue weighted by atomic mass is 35.5. The summed E-state index contributed by atoms with van der Waals surface area (Å²) in [5, 5.41) is 0. The van der Waals surface area contributed by atoms with E-state index in [1.807, 2.05) is 0 Å². The Balaban J connectivity index is 2.20. The number of rotatable bonds is 4. The molecule has 0 amide bonds. The molecule has 0 aliphatic rings. The quantitative estimate of drug-likeness (QED) is 0.856. The van der Waals surface area contributed by atoms with Crippen LogP contribution in [0.3, 0.4) is 0 Å². The summed E-state index contributed by atoms with van der Waals surface area (Å²) in [4.78, 5) is 4.61. The molecule has 0 saturated heterocycles. The van der Waals surface area contributed by atoms with Gasteiger partial charge in [-0.1, -0.05) is 34.5 Å². The maximum Gasteiger partial charge on any atom is 0.254 e. The Morgan fingerprint density at radius 2 is 2.06 bits per heavy atom. The monoisotopic (exact) mass is 342 g/mol. The normalized spacial score (nSPS) is 12.2. The number of sulfonamides is 1. The van der Waals surface area contributed by atoms with Crippen molar-refractivity contribution in [3.63, 3.8) is 0 Å². The van der Waals surface area contributed by atoms with Gasteiger partial charge in [0.2, 0.25) is 0 Å². The molecule has 0 fully saturated rings. The van der Waals surface area contributed by atoms with Crippen molar-refractivity contribution in [3.05, 3.63) is 32.0 Å². The molecular weight excluding hydrogens is 335 g/mol. The summed E-state index contributed by atoms with van der Waals surface area (Å²) < 4.78 is 26.6. The lowest BCUT2D eigenvalue weighted by molar-refractivity contribution is 0.471. The van der Waals surface area contributed by atoms with Crippen LogP contribution in [0.25, 0.3) is 0 Å². The minimum atomic E-state index is -3.54. The zero-order valence-corrected chi connectivity index (χ0v) is 13.1. The highest BCUT2D eigenvalue weighted by Crippen LogP contribution is 2.27. The van der Waals surface area contributed by atoms with Gasteiger partial charge in [-0.25, -0.2) is 13.4 Å². The number of nitrogens with zero attached hydrogens (tertiary/aromatic N) is 2. The lowest BCUT2D eigenvalue weighted by Gasteiger charge is -2.14. The first-order chi connectivity index (χ1) is 8.39. The van der Waals surface area contributed by atoms with E-state index in [4.69, 9.17) is 23.2 Å². The summed E-state index contributed by atoms with van der Waals surface area (Å²) in [7, 11) is -2.03. The molecule has 0 unspecified atom stereocenters. The minimum Gasteiger partial charge on any atom is -0.232 e. The fourth-order valence-corrected chi connectivity index (χ4v) is 5.13. The maximum atomic E-state index is 12.2. The van der Waals surface area contributed by atoms with E-state index in [0.29, 0.717) is 4.34 Å². The van der Waals surface area contributed by atoms with Crippen LogP contribution in [0.4, 0.5) is 0 Å². The molecule has 2 aromatic heterocycles. The van der Waals surface area contributed by atoms with Gasteiger partial charge in [-0.05, 0) is 12.1 Å². The Kier molecular flexibility index (Phi) is 4.30. The van der Waals surface area contributed by atoms with Crippen molar-refractivity contribution >= 4 is 55.9 Å². The molecule has 18 heavy (non-hydrogen) atoms. The largest absolute Gasteiger partial charge is 0.254 e. The van der Waals surface area contributed by atoms with Crippen LogP contribution in [-0.4, -0.2) is 24.8 Å². The Hall–Kier alpha value is -0.180. The molecule has 2 rings (SSSR count). The van der Waals surface area contributed by atoms with Gasteiger partial charge in [0.05, 0.1) is 10.5 Å². The molecule has 0 aromatic carbocycles. The van der Waals surface area contributed by atoms with Gasteiger partial charge in [0.25, 0.3) is 10.0 Å². The minimum absolute atomic E-state index is 0.137. The van der Waals surface area contributed by atoms with Crippen LogP contribution in [0.15, 0.2) is 22.5 Å². The molecule has 0 N–H and O–H groups in total. The fraction of sp³-hybridized carbons (Fsp3) is 0.222. The number of hydrogen-bond acceptors (Lipinski definition) is 5. The van der Waals surface area contributed by atoms with Gasteiger partial charge in [0.15, 0.2) is 8.68 Å². The molecule has 0 radical (unpaired) electrons. The van der Waals surface area contributed by atoms with Gasteiger partial charge in [-0.15, -0.1) is 11.3 Å². The predicted octanol–water partition coefficient (Wildman–Crippen LogP) is 3.33. The van der Waals surface area contributed by atoms with Gasteiger partial charge < -0.3 is 0 Å². The third-order valence-electron chi connectivity index (χ3n) is 2.13. The van der Waals surface area contributed by atoms with Gasteiger partial charge in [0.1, 0.15) is 0 Å². The molecule has 98 valence electrons. The topological polar surface area (TPSA) is 50.3 Å². The molecule has 0 saturated carbocycles. The Morgan fingerprint density at radius 1 is 1.33 bits per heavy atom. The van der Waals surface area contributed by atoms with E-state index in [1.165, 1.54) is 28.9 Å². The summed E-state index contributed by atoms with van der Waals surface area (Å²) in [5.41, 5.74) is 0. The van der Waals surface area contributed by atoms with E-state index < -0.39 is 10.0 Å². The number of hydrogen-bond donors (Lipinski definition) is 0. The van der Waals surface area contributed by atoms with Crippen LogP contribution in [0.5, 0.6) is 0 Å². The second-order valence-corrected chi connectivity index (χ2v) is 9.08. The standard InChI is InChI=1S/C9H8Cl2N2O2S3/c1-13(5-6-2-3-7(10)16-6)18(14,15)8-4-12-9(11)17-8/h2-4H,5H2,1H3. The highest BCUT2D eigenvalue weighted by Gasteiger charge is 2.23. The second-order valence-electron chi connectivity index (χ2n) is 3.40. The third kappa shape index (κ3) is 3.04. The maximum absolute atomic E-state index is 12.2. The number of thiophene rings is 1. The van der Waals surface area contributed by atoms with Gasteiger partial charge >= 0.3 is 0 Å². The molecule has 0 bridgehead atoms. The summed E-state index contributed by atoms with van der Waals surface area (Å²) in [5.74, 6) is 0.